The zero-order valence-electron chi connectivity index (χ0n) is 12.8. The lowest BCUT2D eigenvalue weighted by Gasteiger charge is -2.45. The van der Waals surface area contributed by atoms with E-state index in [0.29, 0.717) is 22.6 Å². The SMILES string of the molecule is CN(C(=S)NC1CC1)[C@@]1(c2ccccc2Cl)CCCCC1=O. The van der Waals surface area contributed by atoms with Crippen LogP contribution in [0.5, 0.6) is 0 Å². The van der Waals surface area contributed by atoms with E-state index in [2.05, 4.69) is 5.32 Å². The Hall–Kier alpha value is -1.13. The Balaban J connectivity index is 2.00. The van der Waals surface area contributed by atoms with Gasteiger partial charge in [-0.15, -0.1) is 0 Å². The molecule has 0 heterocycles. The third kappa shape index (κ3) is 2.74. The molecule has 0 saturated heterocycles. The second-order valence-corrected chi connectivity index (χ2v) is 7.05. The van der Waals surface area contributed by atoms with Crippen molar-refractivity contribution in [2.75, 3.05) is 7.05 Å². The van der Waals surface area contributed by atoms with Gasteiger partial charge in [-0.3, -0.25) is 4.79 Å². The van der Waals surface area contributed by atoms with Crippen molar-refractivity contribution in [2.24, 2.45) is 0 Å². The lowest BCUT2D eigenvalue weighted by molar-refractivity contribution is -0.131. The smallest absolute Gasteiger partial charge is 0.169 e. The molecule has 0 amide bonds. The van der Waals surface area contributed by atoms with Gasteiger partial charge >= 0.3 is 0 Å². The van der Waals surface area contributed by atoms with Crippen molar-refractivity contribution >= 4 is 34.7 Å². The molecule has 3 nitrogen and oxygen atoms in total. The van der Waals surface area contributed by atoms with Crippen LogP contribution in [0.15, 0.2) is 24.3 Å². The highest BCUT2D eigenvalue weighted by atomic mass is 35.5. The molecule has 0 aliphatic heterocycles. The molecule has 3 rings (SSSR count). The number of benzene rings is 1. The third-order valence-corrected chi connectivity index (χ3v) is 5.48. The van der Waals surface area contributed by atoms with Gasteiger partial charge in [0.2, 0.25) is 0 Å². The molecule has 2 aliphatic carbocycles. The number of halogens is 1. The monoisotopic (exact) mass is 336 g/mol. The van der Waals surface area contributed by atoms with Gasteiger partial charge in [-0.2, -0.15) is 0 Å². The van der Waals surface area contributed by atoms with Crippen LogP contribution in [0.1, 0.15) is 44.1 Å². The van der Waals surface area contributed by atoms with Crippen LogP contribution in [0.25, 0.3) is 0 Å². The van der Waals surface area contributed by atoms with Crippen molar-refractivity contribution in [2.45, 2.75) is 50.1 Å². The Morgan fingerprint density at radius 1 is 1.36 bits per heavy atom. The first-order chi connectivity index (χ1) is 10.6. The van der Waals surface area contributed by atoms with Crippen LogP contribution in [0, 0.1) is 0 Å². The van der Waals surface area contributed by atoms with Gasteiger partial charge in [0, 0.05) is 30.1 Å². The molecule has 0 radical (unpaired) electrons. The Kier molecular flexibility index (Phi) is 4.42. The Bertz CT molecular complexity index is 602. The zero-order chi connectivity index (χ0) is 15.7. The number of Topliss-reactive ketones (excluding diaryl/α,β-unsaturated/α-hetero) is 1. The molecule has 2 fully saturated rings. The molecule has 0 spiro atoms. The molecule has 0 unspecified atom stereocenters. The Morgan fingerprint density at radius 2 is 2.09 bits per heavy atom. The number of carbonyl (C=O) groups is 1. The van der Waals surface area contributed by atoms with Crippen LogP contribution in [-0.4, -0.2) is 28.9 Å². The zero-order valence-corrected chi connectivity index (χ0v) is 14.3. The molecule has 0 bridgehead atoms. The number of hydrogen-bond acceptors (Lipinski definition) is 2. The van der Waals surface area contributed by atoms with E-state index in [1.54, 1.807) is 0 Å². The molecule has 1 N–H and O–H groups in total. The van der Waals surface area contributed by atoms with Crippen molar-refractivity contribution in [3.63, 3.8) is 0 Å². The van der Waals surface area contributed by atoms with E-state index < -0.39 is 5.54 Å². The van der Waals surface area contributed by atoms with Crippen molar-refractivity contribution in [3.05, 3.63) is 34.9 Å². The summed E-state index contributed by atoms with van der Waals surface area (Å²) in [5, 5.41) is 4.64. The number of nitrogens with zero attached hydrogens (tertiary/aromatic N) is 1. The highest BCUT2D eigenvalue weighted by molar-refractivity contribution is 7.80. The van der Waals surface area contributed by atoms with Crippen molar-refractivity contribution in [1.82, 2.24) is 10.2 Å². The summed E-state index contributed by atoms with van der Waals surface area (Å²) in [5.41, 5.74) is 0.152. The number of thiocarbonyl (C=S) groups is 1. The molecule has 1 aromatic carbocycles. The number of hydrogen-bond donors (Lipinski definition) is 1. The summed E-state index contributed by atoms with van der Waals surface area (Å²) < 4.78 is 0. The number of likely N-dealkylation sites (N-methyl/N-ethyl adjacent to an activating group) is 1. The first kappa shape index (κ1) is 15.8. The lowest BCUT2D eigenvalue weighted by Crippen LogP contribution is -2.57. The molecule has 1 atom stereocenters. The molecule has 1 aromatic rings. The number of ketones is 1. The van der Waals surface area contributed by atoms with Crippen LogP contribution < -0.4 is 5.32 Å². The first-order valence-electron chi connectivity index (χ1n) is 7.88. The summed E-state index contributed by atoms with van der Waals surface area (Å²) in [4.78, 5) is 14.9. The molecule has 2 aliphatic rings. The summed E-state index contributed by atoms with van der Waals surface area (Å²) >= 11 is 12.0. The van der Waals surface area contributed by atoms with E-state index in [4.69, 9.17) is 23.8 Å². The standard InChI is InChI=1S/C17H21ClN2OS/c1-20(16(22)19-12-9-10-12)17(11-5-4-8-15(17)21)13-6-2-3-7-14(13)18/h2-3,6-7,12H,4-5,8-11H2,1H3,(H,19,22)/t17-/m1/s1. The number of rotatable bonds is 3. The maximum absolute atomic E-state index is 12.9. The quantitative estimate of drug-likeness (QED) is 0.854. The minimum absolute atomic E-state index is 0.217. The highest BCUT2D eigenvalue weighted by Gasteiger charge is 2.47. The minimum Gasteiger partial charge on any atom is -0.360 e. The molecular weight excluding hydrogens is 316 g/mol. The van der Waals surface area contributed by atoms with Crippen LogP contribution in [0.4, 0.5) is 0 Å². The average molecular weight is 337 g/mol. The summed E-state index contributed by atoms with van der Waals surface area (Å²) in [6.45, 7) is 0. The van der Waals surface area contributed by atoms with Crippen LogP contribution in [0.3, 0.4) is 0 Å². The number of carbonyl (C=O) groups excluding carboxylic acids is 1. The van der Waals surface area contributed by atoms with E-state index in [0.717, 1.165) is 37.7 Å². The maximum Gasteiger partial charge on any atom is 0.169 e. The van der Waals surface area contributed by atoms with Crippen LogP contribution in [0.2, 0.25) is 5.02 Å². The summed E-state index contributed by atoms with van der Waals surface area (Å²) in [6.07, 6.45) is 5.61. The van der Waals surface area contributed by atoms with Crippen LogP contribution in [-0.2, 0) is 10.3 Å². The fourth-order valence-electron chi connectivity index (χ4n) is 3.30. The van der Waals surface area contributed by atoms with E-state index in [-0.39, 0.29) is 5.78 Å². The summed E-state index contributed by atoms with van der Waals surface area (Å²) in [6, 6.07) is 8.12. The number of nitrogens with one attached hydrogen (secondary N) is 1. The minimum atomic E-state index is -0.727. The van der Waals surface area contributed by atoms with Gasteiger partial charge in [0.15, 0.2) is 10.9 Å². The highest BCUT2D eigenvalue weighted by Crippen LogP contribution is 2.42. The van der Waals surface area contributed by atoms with E-state index in [1.165, 1.54) is 0 Å². The fourth-order valence-corrected chi connectivity index (χ4v) is 3.92. The predicted octanol–water partition coefficient (Wildman–Crippen LogP) is 3.65. The van der Waals surface area contributed by atoms with Gasteiger partial charge in [0.1, 0.15) is 5.54 Å². The Morgan fingerprint density at radius 3 is 2.73 bits per heavy atom. The molecule has 0 aromatic heterocycles. The van der Waals surface area contributed by atoms with Gasteiger partial charge in [-0.25, -0.2) is 0 Å². The second-order valence-electron chi connectivity index (χ2n) is 6.25. The average Bonchev–Trinajstić information content (AvgIpc) is 3.32. The normalized spacial score (nSPS) is 24.9. The fraction of sp³-hybridized carbons (Fsp3) is 0.529. The van der Waals surface area contributed by atoms with Crippen molar-refractivity contribution < 1.29 is 4.79 Å². The third-order valence-electron chi connectivity index (χ3n) is 4.76. The molecule has 5 heteroatoms. The van der Waals surface area contributed by atoms with Crippen molar-refractivity contribution in [3.8, 4) is 0 Å². The topological polar surface area (TPSA) is 32.3 Å². The van der Waals surface area contributed by atoms with Gasteiger partial charge < -0.3 is 10.2 Å². The predicted molar refractivity (Wildman–Crippen MR) is 93.1 cm³/mol. The van der Waals surface area contributed by atoms with Gasteiger partial charge in [-0.05, 0) is 50.4 Å². The maximum atomic E-state index is 12.9. The summed E-state index contributed by atoms with van der Waals surface area (Å²) in [5.74, 6) is 0.217. The van der Waals surface area contributed by atoms with Gasteiger partial charge in [0.05, 0.1) is 0 Å². The summed E-state index contributed by atoms with van der Waals surface area (Å²) in [7, 11) is 1.92. The van der Waals surface area contributed by atoms with E-state index in [9.17, 15) is 4.79 Å². The van der Waals surface area contributed by atoms with Gasteiger partial charge in [-0.1, -0.05) is 29.8 Å². The Labute approximate surface area is 142 Å². The molecule has 22 heavy (non-hydrogen) atoms. The van der Waals surface area contributed by atoms with Crippen molar-refractivity contribution in [1.29, 1.82) is 0 Å². The van der Waals surface area contributed by atoms with Gasteiger partial charge in [0.25, 0.3) is 0 Å². The largest absolute Gasteiger partial charge is 0.360 e. The molecular formula is C17H21ClN2OS. The lowest BCUT2D eigenvalue weighted by atomic mass is 9.74. The van der Waals surface area contributed by atoms with E-state index >= 15 is 0 Å². The molecule has 2 saturated carbocycles. The molecule has 118 valence electrons. The van der Waals surface area contributed by atoms with E-state index in [1.807, 2.05) is 36.2 Å². The van der Waals surface area contributed by atoms with Crippen LogP contribution >= 0.6 is 23.8 Å². The second kappa shape index (κ2) is 6.17. The first-order valence-corrected chi connectivity index (χ1v) is 8.67.